The molecule has 1 heterocycles. The molecule has 0 saturated heterocycles. The van der Waals surface area contributed by atoms with Gasteiger partial charge in [-0.2, -0.15) is 11.8 Å². The normalized spacial score (nSPS) is 10.8. The van der Waals surface area contributed by atoms with Crippen LogP contribution >= 0.6 is 11.8 Å². The highest BCUT2D eigenvalue weighted by atomic mass is 32.2. The van der Waals surface area contributed by atoms with Crippen molar-refractivity contribution in [3.05, 3.63) is 42.1 Å². The Morgan fingerprint density at radius 2 is 2.25 bits per heavy atom. The average molecular weight is 233 g/mol. The van der Waals surface area contributed by atoms with Gasteiger partial charge in [0.2, 0.25) is 0 Å². The van der Waals surface area contributed by atoms with Crippen LogP contribution in [0.25, 0.3) is 10.9 Å². The summed E-state index contributed by atoms with van der Waals surface area (Å²) in [5.74, 6) is 2.08. The minimum Gasteiger partial charge on any atom is -0.384 e. The molecule has 0 fully saturated rings. The number of benzene rings is 1. The van der Waals surface area contributed by atoms with Gasteiger partial charge in [-0.3, -0.25) is 4.98 Å². The second-order valence-corrected chi connectivity index (χ2v) is 4.68. The average Bonchev–Trinajstić information content (AvgIpc) is 2.34. The number of rotatable bonds is 5. The molecule has 0 atom stereocenters. The van der Waals surface area contributed by atoms with E-state index < -0.39 is 0 Å². The number of hydrogen-bond acceptors (Lipinski definition) is 3. The standard InChI is InChI=1S/C13H15NOS/c1-15-7-8-16-10-11-4-5-13-12(9-11)3-2-6-14-13/h2-6,9H,7-8,10H2,1H3. The molecule has 0 aliphatic carbocycles. The van der Waals surface area contributed by atoms with Crippen molar-refractivity contribution >= 4 is 22.7 Å². The molecular weight excluding hydrogens is 218 g/mol. The molecule has 1 aromatic heterocycles. The maximum absolute atomic E-state index is 5.02. The number of methoxy groups -OCH3 is 1. The maximum atomic E-state index is 5.02. The quantitative estimate of drug-likeness (QED) is 0.741. The smallest absolute Gasteiger partial charge is 0.0702 e. The third-order valence-corrected chi connectivity index (χ3v) is 3.36. The summed E-state index contributed by atoms with van der Waals surface area (Å²) in [6.45, 7) is 0.819. The molecule has 0 N–H and O–H groups in total. The predicted octanol–water partition coefficient (Wildman–Crippen LogP) is 3.11. The van der Waals surface area contributed by atoms with Gasteiger partial charge in [0.15, 0.2) is 0 Å². The molecule has 1 aromatic carbocycles. The monoisotopic (exact) mass is 233 g/mol. The van der Waals surface area contributed by atoms with Crippen molar-refractivity contribution in [2.24, 2.45) is 0 Å². The maximum Gasteiger partial charge on any atom is 0.0702 e. The molecule has 0 aliphatic heterocycles. The summed E-state index contributed by atoms with van der Waals surface area (Å²) in [6, 6.07) is 10.5. The van der Waals surface area contributed by atoms with Crippen LogP contribution in [0.1, 0.15) is 5.56 Å². The van der Waals surface area contributed by atoms with Crippen LogP contribution < -0.4 is 0 Å². The lowest BCUT2D eigenvalue weighted by Crippen LogP contribution is -1.92. The van der Waals surface area contributed by atoms with Crippen LogP contribution in [-0.2, 0) is 10.5 Å². The third-order valence-electron chi connectivity index (χ3n) is 2.37. The SMILES string of the molecule is COCCSCc1ccc2ncccc2c1. The van der Waals surface area contributed by atoms with Crippen molar-refractivity contribution < 1.29 is 4.74 Å². The van der Waals surface area contributed by atoms with Gasteiger partial charge in [0, 0.05) is 30.2 Å². The fraction of sp³-hybridized carbons (Fsp3) is 0.308. The number of aromatic nitrogens is 1. The first-order valence-corrected chi connectivity index (χ1v) is 6.46. The van der Waals surface area contributed by atoms with Crippen molar-refractivity contribution in [3.8, 4) is 0 Å². The van der Waals surface area contributed by atoms with E-state index in [0.717, 1.165) is 23.6 Å². The topological polar surface area (TPSA) is 22.1 Å². The highest BCUT2D eigenvalue weighted by Crippen LogP contribution is 2.17. The summed E-state index contributed by atoms with van der Waals surface area (Å²) in [5, 5.41) is 1.22. The Bertz CT molecular complexity index is 458. The van der Waals surface area contributed by atoms with Crippen molar-refractivity contribution in [2.75, 3.05) is 19.5 Å². The zero-order valence-corrected chi connectivity index (χ0v) is 10.2. The Labute approximate surface area is 100 Å². The first-order chi connectivity index (χ1) is 7.90. The van der Waals surface area contributed by atoms with Crippen LogP contribution in [0.2, 0.25) is 0 Å². The summed E-state index contributed by atoms with van der Waals surface area (Å²) < 4.78 is 5.02. The first-order valence-electron chi connectivity index (χ1n) is 5.30. The van der Waals surface area contributed by atoms with Crippen molar-refractivity contribution in [1.29, 1.82) is 0 Å². The van der Waals surface area contributed by atoms with Gasteiger partial charge >= 0.3 is 0 Å². The zero-order chi connectivity index (χ0) is 11.2. The van der Waals surface area contributed by atoms with Gasteiger partial charge in [-0.05, 0) is 23.8 Å². The molecule has 84 valence electrons. The molecule has 0 unspecified atom stereocenters. The second kappa shape index (κ2) is 5.87. The highest BCUT2D eigenvalue weighted by molar-refractivity contribution is 7.98. The summed E-state index contributed by atoms with van der Waals surface area (Å²) in [6.07, 6.45) is 1.83. The minimum atomic E-state index is 0.819. The van der Waals surface area contributed by atoms with E-state index >= 15 is 0 Å². The van der Waals surface area contributed by atoms with Crippen LogP contribution in [0.3, 0.4) is 0 Å². The van der Waals surface area contributed by atoms with Crippen molar-refractivity contribution in [3.63, 3.8) is 0 Å². The third kappa shape index (κ3) is 2.97. The Balaban J connectivity index is 2.02. The molecule has 0 aliphatic rings. The molecule has 0 bridgehead atoms. The highest BCUT2D eigenvalue weighted by Gasteiger charge is 1.97. The van der Waals surface area contributed by atoms with Gasteiger partial charge in [0.05, 0.1) is 12.1 Å². The number of nitrogens with zero attached hydrogens (tertiary/aromatic N) is 1. The van der Waals surface area contributed by atoms with Crippen molar-refractivity contribution in [1.82, 2.24) is 4.98 Å². The summed E-state index contributed by atoms with van der Waals surface area (Å²) >= 11 is 1.89. The van der Waals surface area contributed by atoms with E-state index in [1.807, 2.05) is 24.0 Å². The van der Waals surface area contributed by atoms with Gasteiger partial charge in [-0.1, -0.05) is 12.1 Å². The Kier molecular flexibility index (Phi) is 4.19. The van der Waals surface area contributed by atoms with Gasteiger partial charge in [-0.15, -0.1) is 0 Å². The number of ether oxygens (including phenoxy) is 1. The second-order valence-electron chi connectivity index (χ2n) is 3.58. The van der Waals surface area contributed by atoms with Crippen LogP contribution in [0.4, 0.5) is 0 Å². The molecule has 16 heavy (non-hydrogen) atoms. The lowest BCUT2D eigenvalue weighted by atomic mass is 10.1. The van der Waals surface area contributed by atoms with Crippen LogP contribution in [0.15, 0.2) is 36.5 Å². The Morgan fingerprint density at radius 1 is 1.31 bits per heavy atom. The van der Waals surface area contributed by atoms with Gasteiger partial charge < -0.3 is 4.74 Å². The fourth-order valence-electron chi connectivity index (χ4n) is 1.55. The van der Waals surface area contributed by atoms with Gasteiger partial charge in [0.25, 0.3) is 0 Å². The fourth-order valence-corrected chi connectivity index (χ4v) is 2.39. The Morgan fingerprint density at radius 3 is 3.12 bits per heavy atom. The van der Waals surface area contributed by atoms with E-state index in [9.17, 15) is 0 Å². The first kappa shape index (κ1) is 11.4. The molecule has 0 spiro atoms. The lowest BCUT2D eigenvalue weighted by molar-refractivity contribution is 0.218. The summed E-state index contributed by atoms with van der Waals surface area (Å²) in [4.78, 5) is 4.31. The molecular formula is C13H15NOS. The van der Waals surface area contributed by atoms with Gasteiger partial charge in [-0.25, -0.2) is 0 Å². The van der Waals surface area contributed by atoms with E-state index in [-0.39, 0.29) is 0 Å². The van der Waals surface area contributed by atoms with E-state index in [1.54, 1.807) is 7.11 Å². The lowest BCUT2D eigenvalue weighted by Gasteiger charge is -2.03. The van der Waals surface area contributed by atoms with Crippen molar-refractivity contribution in [2.45, 2.75) is 5.75 Å². The van der Waals surface area contributed by atoms with E-state index in [4.69, 9.17) is 4.74 Å². The predicted molar refractivity (Wildman–Crippen MR) is 69.8 cm³/mol. The summed E-state index contributed by atoms with van der Waals surface area (Å²) in [7, 11) is 1.74. The molecule has 2 aromatic rings. The van der Waals surface area contributed by atoms with E-state index in [1.165, 1.54) is 10.9 Å². The number of hydrogen-bond donors (Lipinski definition) is 0. The van der Waals surface area contributed by atoms with Crippen LogP contribution in [-0.4, -0.2) is 24.5 Å². The number of thioether (sulfide) groups is 1. The van der Waals surface area contributed by atoms with E-state index in [2.05, 4.69) is 29.2 Å². The van der Waals surface area contributed by atoms with Crippen LogP contribution in [0, 0.1) is 0 Å². The van der Waals surface area contributed by atoms with Gasteiger partial charge in [0.1, 0.15) is 0 Å². The zero-order valence-electron chi connectivity index (χ0n) is 9.35. The molecule has 0 radical (unpaired) electrons. The molecule has 0 saturated carbocycles. The van der Waals surface area contributed by atoms with E-state index in [0.29, 0.717) is 0 Å². The summed E-state index contributed by atoms with van der Waals surface area (Å²) in [5.41, 5.74) is 2.41. The van der Waals surface area contributed by atoms with Crippen LogP contribution in [0.5, 0.6) is 0 Å². The Hall–Kier alpha value is -1.06. The number of fused-ring (bicyclic) bond motifs is 1. The minimum absolute atomic E-state index is 0.819. The molecule has 0 amide bonds. The largest absolute Gasteiger partial charge is 0.384 e. The number of pyridine rings is 1. The molecule has 2 rings (SSSR count). The molecule has 3 heteroatoms. The molecule has 2 nitrogen and oxygen atoms in total.